The highest BCUT2D eigenvalue weighted by Crippen LogP contribution is 2.36. The van der Waals surface area contributed by atoms with Gasteiger partial charge in [-0.05, 0) is 40.9 Å². The lowest BCUT2D eigenvalue weighted by atomic mass is 10.2. The minimum Gasteiger partial charge on any atom is -0.386 e. The highest BCUT2D eigenvalue weighted by molar-refractivity contribution is 9.10. The van der Waals surface area contributed by atoms with Gasteiger partial charge in [0.25, 0.3) is 0 Å². The van der Waals surface area contributed by atoms with Gasteiger partial charge in [-0.25, -0.2) is 4.99 Å². The molecule has 1 fully saturated rings. The topological polar surface area (TPSA) is 50.4 Å². The molecule has 0 heterocycles. The normalized spacial score (nSPS) is 16.2. The van der Waals surface area contributed by atoms with Crippen molar-refractivity contribution in [1.29, 1.82) is 0 Å². The van der Waals surface area contributed by atoms with Crippen LogP contribution in [0.1, 0.15) is 12.8 Å². The number of rotatable bonds is 4. The monoisotopic (exact) mass is 301 g/mol. The van der Waals surface area contributed by atoms with Crippen molar-refractivity contribution in [2.24, 2.45) is 10.7 Å². The zero-order valence-electron chi connectivity index (χ0n) is 8.71. The van der Waals surface area contributed by atoms with Crippen molar-refractivity contribution >= 4 is 44.7 Å². The Labute approximate surface area is 108 Å². The van der Waals surface area contributed by atoms with E-state index < -0.39 is 0 Å². The molecular weight excluding hydrogens is 289 g/mol. The molecular formula is C11H13BrClN3. The van der Waals surface area contributed by atoms with Gasteiger partial charge in [0.1, 0.15) is 11.5 Å². The van der Waals surface area contributed by atoms with Gasteiger partial charge >= 0.3 is 0 Å². The number of hydrogen-bond donors (Lipinski definition) is 2. The summed E-state index contributed by atoms with van der Waals surface area (Å²) < 4.78 is 0.922. The molecule has 0 saturated heterocycles. The highest BCUT2D eigenvalue weighted by Gasteiger charge is 2.22. The van der Waals surface area contributed by atoms with Crippen molar-refractivity contribution in [1.82, 2.24) is 0 Å². The van der Waals surface area contributed by atoms with E-state index in [4.69, 9.17) is 17.3 Å². The lowest BCUT2D eigenvalue weighted by Gasteiger charge is -2.10. The number of alkyl halides is 1. The molecule has 1 aromatic rings. The predicted octanol–water partition coefficient (Wildman–Crippen LogP) is 3.25. The van der Waals surface area contributed by atoms with Crippen molar-refractivity contribution < 1.29 is 0 Å². The molecule has 3 nitrogen and oxygen atoms in total. The van der Waals surface area contributed by atoms with E-state index in [1.54, 1.807) is 0 Å². The van der Waals surface area contributed by atoms with Crippen molar-refractivity contribution in [3.05, 3.63) is 22.7 Å². The van der Waals surface area contributed by atoms with Gasteiger partial charge in [-0.15, -0.1) is 11.6 Å². The van der Waals surface area contributed by atoms with Crippen molar-refractivity contribution in [3.63, 3.8) is 0 Å². The zero-order valence-corrected chi connectivity index (χ0v) is 11.1. The Kier molecular flexibility index (Phi) is 3.71. The first-order valence-electron chi connectivity index (χ1n) is 5.14. The van der Waals surface area contributed by atoms with Gasteiger partial charge in [0.15, 0.2) is 0 Å². The third-order valence-electron chi connectivity index (χ3n) is 2.32. The average Bonchev–Trinajstić information content (AvgIpc) is 3.07. The number of benzene rings is 1. The fourth-order valence-electron chi connectivity index (χ4n) is 1.37. The van der Waals surface area contributed by atoms with Crippen LogP contribution in [0.4, 0.5) is 11.4 Å². The van der Waals surface area contributed by atoms with E-state index >= 15 is 0 Å². The molecule has 3 N–H and O–H groups in total. The molecule has 0 spiro atoms. The number of hydrogen-bond acceptors (Lipinski definition) is 2. The predicted molar refractivity (Wildman–Crippen MR) is 72.8 cm³/mol. The highest BCUT2D eigenvalue weighted by atomic mass is 79.9. The Morgan fingerprint density at radius 1 is 1.56 bits per heavy atom. The molecule has 0 radical (unpaired) electrons. The number of nitrogens with one attached hydrogen (secondary N) is 1. The van der Waals surface area contributed by atoms with Crippen LogP contribution in [-0.2, 0) is 0 Å². The smallest absolute Gasteiger partial charge is 0.115 e. The van der Waals surface area contributed by atoms with Crippen LogP contribution < -0.4 is 11.1 Å². The summed E-state index contributed by atoms with van der Waals surface area (Å²) in [7, 11) is 0. The average molecular weight is 303 g/mol. The molecule has 2 rings (SSSR count). The molecule has 1 aliphatic carbocycles. The van der Waals surface area contributed by atoms with Crippen LogP contribution in [0.5, 0.6) is 0 Å². The lowest BCUT2D eigenvalue weighted by Crippen LogP contribution is -2.12. The standard InChI is InChI=1S/C11H13BrClN3/c12-8-2-1-3-9(15-7-4-5-7)11(8)16-10(14)6-13/h1-3,7,15H,4-6H2,(H2,14,16). The van der Waals surface area contributed by atoms with E-state index in [1.165, 1.54) is 12.8 Å². The zero-order chi connectivity index (χ0) is 11.5. The van der Waals surface area contributed by atoms with Gasteiger partial charge < -0.3 is 11.1 Å². The summed E-state index contributed by atoms with van der Waals surface area (Å²) in [6.45, 7) is 0. The largest absolute Gasteiger partial charge is 0.386 e. The summed E-state index contributed by atoms with van der Waals surface area (Å²) in [6.07, 6.45) is 2.45. The van der Waals surface area contributed by atoms with Crippen molar-refractivity contribution in [2.45, 2.75) is 18.9 Å². The quantitative estimate of drug-likeness (QED) is 0.509. The molecule has 1 saturated carbocycles. The maximum Gasteiger partial charge on any atom is 0.115 e. The summed E-state index contributed by atoms with van der Waals surface area (Å²) in [5.74, 6) is 0.664. The Hall–Kier alpha value is -0.740. The summed E-state index contributed by atoms with van der Waals surface area (Å²) in [4.78, 5) is 4.31. The first-order chi connectivity index (χ1) is 7.70. The number of nitrogens with two attached hydrogens (primary N) is 1. The molecule has 1 aromatic carbocycles. The van der Waals surface area contributed by atoms with Crippen LogP contribution in [0.2, 0.25) is 0 Å². The molecule has 5 heteroatoms. The maximum absolute atomic E-state index is 5.66. The van der Waals surface area contributed by atoms with Gasteiger partial charge in [-0.2, -0.15) is 0 Å². The van der Waals surface area contributed by atoms with E-state index in [0.717, 1.165) is 15.8 Å². The number of amidine groups is 1. The third kappa shape index (κ3) is 2.89. The molecule has 0 amide bonds. The molecule has 0 bridgehead atoms. The minimum absolute atomic E-state index is 0.240. The van der Waals surface area contributed by atoms with Crippen LogP contribution in [0, 0.1) is 0 Å². The van der Waals surface area contributed by atoms with E-state index in [0.29, 0.717) is 11.9 Å². The number of halogens is 2. The molecule has 0 aromatic heterocycles. The van der Waals surface area contributed by atoms with Gasteiger partial charge in [0.2, 0.25) is 0 Å². The SMILES string of the molecule is NC(CCl)=Nc1c(Br)cccc1NC1CC1. The van der Waals surface area contributed by atoms with Crippen molar-refractivity contribution in [3.8, 4) is 0 Å². The summed E-state index contributed by atoms with van der Waals surface area (Å²) in [6, 6.07) is 6.51. The van der Waals surface area contributed by atoms with Gasteiger partial charge in [-0.1, -0.05) is 6.07 Å². The summed E-state index contributed by atoms with van der Waals surface area (Å²) in [5.41, 5.74) is 7.49. The van der Waals surface area contributed by atoms with Crippen LogP contribution in [0.25, 0.3) is 0 Å². The molecule has 0 unspecified atom stereocenters. The number of aliphatic imine (C=N–C) groups is 1. The van der Waals surface area contributed by atoms with Gasteiger partial charge in [0, 0.05) is 10.5 Å². The van der Waals surface area contributed by atoms with E-state index in [9.17, 15) is 0 Å². The fourth-order valence-corrected chi connectivity index (χ4v) is 1.88. The molecule has 0 atom stereocenters. The first-order valence-corrected chi connectivity index (χ1v) is 6.47. The second-order valence-electron chi connectivity index (χ2n) is 3.79. The molecule has 16 heavy (non-hydrogen) atoms. The third-order valence-corrected chi connectivity index (χ3v) is 3.23. The molecule has 86 valence electrons. The minimum atomic E-state index is 0.240. The van der Waals surface area contributed by atoms with Crippen LogP contribution in [0.15, 0.2) is 27.7 Å². The first kappa shape index (κ1) is 11.7. The Bertz CT molecular complexity index is 416. The number of anilines is 1. The number of para-hydroxylation sites is 1. The van der Waals surface area contributed by atoms with Crippen LogP contribution in [0.3, 0.4) is 0 Å². The molecule has 0 aliphatic heterocycles. The number of nitrogens with zero attached hydrogens (tertiary/aromatic N) is 1. The lowest BCUT2D eigenvalue weighted by molar-refractivity contribution is 1.15. The molecule has 1 aliphatic rings. The summed E-state index contributed by atoms with van der Waals surface area (Å²) in [5, 5.41) is 3.42. The fraction of sp³-hybridized carbons (Fsp3) is 0.364. The second kappa shape index (κ2) is 5.06. The van der Waals surface area contributed by atoms with Gasteiger partial charge in [-0.3, -0.25) is 0 Å². The summed E-state index contributed by atoms with van der Waals surface area (Å²) >= 11 is 9.10. The Morgan fingerprint density at radius 2 is 2.31 bits per heavy atom. The Morgan fingerprint density at radius 3 is 2.94 bits per heavy atom. The van der Waals surface area contributed by atoms with E-state index in [-0.39, 0.29) is 5.88 Å². The van der Waals surface area contributed by atoms with Crippen LogP contribution >= 0.6 is 27.5 Å². The van der Waals surface area contributed by atoms with E-state index in [1.807, 2.05) is 18.2 Å². The maximum atomic E-state index is 5.66. The van der Waals surface area contributed by atoms with E-state index in [2.05, 4.69) is 26.2 Å². The Balaban J connectivity index is 2.31. The van der Waals surface area contributed by atoms with Gasteiger partial charge in [0.05, 0.1) is 11.6 Å². The van der Waals surface area contributed by atoms with Crippen LogP contribution in [-0.4, -0.2) is 17.8 Å². The van der Waals surface area contributed by atoms with Crippen molar-refractivity contribution in [2.75, 3.05) is 11.2 Å². The second-order valence-corrected chi connectivity index (χ2v) is 4.91.